The molecule has 0 radical (unpaired) electrons. The number of fused-ring (bicyclic) bond motifs is 2. The van der Waals surface area contributed by atoms with E-state index in [9.17, 15) is 14.4 Å². The molecule has 0 aliphatic carbocycles. The Labute approximate surface area is 165 Å². The second kappa shape index (κ2) is 7.31. The Balaban J connectivity index is 1.85. The Morgan fingerprint density at radius 2 is 1.86 bits per heavy atom. The van der Waals surface area contributed by atoms with Crippen LogP contribution in [-0.4, -0.2) is 54.7 Å². The summed E-state index contributed by atoms with van der Waals surface area (Å²) in [6, 6.07) is 9.99. The van der Waals surface area contributed by atoms with Gasteiger partial charge in [-0.05, 0) is 35.4 Å². The van der Waals surface area contributed by atoms with Crippen LogP contribution in [0, 0.1) is 0 Å². The van der Waals surface area contributed by atoms with Crippen LogP contribution in [0.2, 0.25) is 0 Å². The lowest BCUT2D eigenvalue weighted by molar-refractivity contribution is -0.141. The maximum absolute atomic E-state index is 13.0. The summed E-state index contributed by atoms with van der Waals surface area (Å²) in [5, 5.41) is 9.11. The third-order valence-corrected chi connectivity index (χ3v) is 4.62. The van der Waals surface area contributed by atoms with E-state index in [1.54, 1.807) is 42.5 Å². The summed E-state index contributed by atoms with van der Waals surface area (Å²) in [5.74, 6) is -1.17. The number of nitrogens with zero attached hydrogens (tertiary/aromatic N) is 1. The van der Waals surface area contributed by atoms with Crippen LogP contribution in [0.5, 0.6) is 17.2 Å². The number of methoxy groups -OCH3 is 1. The Morgan fingerprint density at radius 3 is 2.59 bits per heavy atom. The van der Waals surface area contributed by atoms with E-state index in [0.29, 0.717) is 41.6 Å². The molecule has 29 heavy (non-hydrogen) atoms. The fourth-order valence-corrected chi connectivity index (χ4v) is 3.36. The quantitative estimate of drug-likeness (QED) is 0.625. The minimum absolute atomic E-state index is 0.209. The molecule has 0 unspecified atom stereocenters. The molecule has 148 valence electrons. The minimum atomic E-state index is -1.27. The molecule has 0 saturated heterocycles. The summed E-state index contributed by atoms with van der Waals surface area (Å²) >= 11 is 0. The molecule has 2 aliphatic rings. The first-order valence-electron chi connectivity index (χ1n) is 8.86. The van der Waals surface area contributed by atoms with Gasteiger partial charge in [0, 0.05) is 11.1 Å². The van der Waals surface area contributed by atoms with E-state index < -0.39 is 24.3 Å². The van der Waals surface area contributed by atoms with Gasteiger partial charge in [0.15, 0.2) is 11.5 Å². The monoisotopic (exact) mass is 395 g/mol. The predicted octanol–water partition coefficient (Wildman–Crippen LogP) is 2.07. The fraction of sp³-hybridized carbons (Fsp3) is 0.190. The Kier molecular flexibility index (Phi) is 4.67. The van der Waals surface area contributed by atoms with Gasteiger partial charge in [-0.1, -0.05) is 18.2 Å². The van der Waals surface area contributed by atoms with E-state index in [4.69, 9.17) is 19.3 Å². The van der Waals surface area contributed by atoms with Crippen LogP contribution in [0.4, 0.5) is 0 Å². The van der Waals surface area contributed by atoms with E-state index >= 15 is 0 Å². The highest BCUT2D eigenvalue weighted by Crippen LogP contribution is 2.41. The zero-order valence-electron chi connectivity index (χ0n) is 15.5. The third kappa shape index (κ3) is 3.29. The molecular weight excluding hydrogens is 378 g/mol. The van der Waals surface area contributed by atoms with Crippen LogP contribution in [-0.2, 0) is 9.59 Å². The van der Waals surface area contributed by atoms with Gasteiger partial charge in [0.1, 0.15) is 19.8 Å². The van der Waals surface area contributed by atoms with Gasteiger partial charge in [0.25, 0.3) is 11.8 Å². The van der Waals surface area contributed by atoms with Crippen molar-refractivity contribution in [3.8, 4) is 17.2 Å². The molecule has 0 bridgehead atoms. The van der Waals surface area contributed by atoms with Gasteiger partial charge in [-0.2, -0.15) is 0 Å². The van der Waals surface area contributed by atoms with Gasteiger partial charge in [-0.15, -0.1) is 0 Å². The average molecular weight is 395 g/mol. The Hall–Kier alpha value is -3.81. The number of carboxylic acid groups (broad SMARTS) is 1. The van der Waals surface area contributed by atoms with Crippen molar-refractivity contribution in [3.63, 3.8) is 0 Å². The van der Waals surface area contributed by atoms with Gasteiger partial charge in [-0.3, -0.25) is 19.3 Å². The summed E-state index contributed by atoms with van der Waals surface area (Å²) in [6.45, 7) is 0.0779. The summed E-state index contributed by atoms with van der Waals surface area (Å²) in [4.78, 5) is 37.5. The van der Waals surface area contributed by atoms with Gasteiger partial charge in [-0.25, -0.2) is 0 Å². The van der Waals surface area contributed by atoms with Crippen LogP contribution in [0.1, 0.15) is 21.5 Å². The van der Waals surface area contributed by atoms with Crippen molar-refractivity contribution in [2.45, 2.75) is 0 Å². The van der Waals surface area contributed by atoms with Crippen LogP contribution in [0.15, 0.2) is 36.4 Å². The Morgan fingerprint density at radius 1 is 1.14 bits per heavy atom. The highest BCUT2D eigenvalue weighted by Gasteiger charge is 2.35. The lowest BCUT2D eigenvalue weighted by atomic mass is 9.92. The molecule has 2 aromatic rings. The van der Waals surface area contributed by atoms with E-state index in [-0.39, 0.29) is 11.1 Å². The van der Waals surface area contributed by atoms with Crippen molar-refractivity contribution >= 4 is 29.4 Å². The zero-order chi connectivity index (χ0) is 20.5. The molecular formula is C21H17NO7. The Bertz CT molecular complexity index is 1040. The molecule has 2 aromatic carbocycles. The second-order valence-electron chi connectivity index (χ2n) is 6.44. The maximum atomic E-state index is 13.0. The number of carbonyl (C=O) groups is 3. The number of imide groups is 1. The molecule has 0 fully saturated rings. The zero-order valence-corrected chi connectivity index (χ0v) is 15.5. The largest absolute Gasteiger partial charge is 0.493 e. The summed E-state index contributed by atoms with van der Waals surface area (Å²) in [5.41, 5.74) is 1.51. The SMILES string of the molecule is COc1cc(/C=C2\C(=O)N(CC(=O)O)C(=O)c3ccccc32)cc2c1OCCO2. The summed E-state index contributed by atoms with van der Waals surface area (Å²) in [6.07, 6.45) is 1.59. The molecule has 0 aromatic heterocycles. The van der Waals surface area contributed by atoms with Crippen LogP contribution in [0.25, 0.3) is 11.6 Å². The van der Waals surface area contributed by atoms with Crippen molar-refractivity contribution in [2.75, 3.05) is 26.9 Å². The highest BCUT2D eigenvalue weighted by atomic mass is 16.6. The number of aliphatic carboxylic acids is 1. The van der Waals surface area contributed by atoms with Crippen molar-refractivity contribution in [2.24, 2.45) is 0 Å². The molecule has 0 spiro atoms. The summed E-state index contributed by atoms with van der Waals surface area (Å²) in [7, 11) is 1.50. The van der Waals surface area contributed by atoms with E-state index in [2.05, 4.69) is 0 Å². The molecule has 2 amide bonds. The number of benzene rings is 2. The average Bonchev–Trinajstić information content (AvgIpc) is 2.73. The smallest absolute Gasteiger partial charge is 0.323 e. The van der Waals surface area contributed by atoms with E-state index in [1.807, 2.05) is 0 Å². The molecule has 8 nitrogen and oxygen atoms in total. The van der Waals surface area contributed by atoms with Crippen molar-refractivity contribution in [1.29, 1.82) is 0 Å². The van der Waals surface area contributed by atoms with Crippen molar-refractivity contribution < 1.29 is 33.7 Å². The second-order valence-corrected chi connectivity index (χ2v) is 6.44. The molecule has 0 saturated carbocycles. The maximum Gasteiger partial charge on any atom is 0.323 e. The lowest BCUT2D eigenvalue weighted by Crippen LogP contribution is -2.44. The molecule has 4 rings (SSSR count). The number of ether oxygens (including phenoxy) is 3. The van der Waals surface area contributed by atoms with E-state index in [1.165, 1.54) is 7.11 Å². The number of hydrogen-bond acceptors (Lipinski definition) is 6. The first-order valence-corrected chi connectivity index (χ1v) is 8.86. The van der Waals surface area contributed by atoms with Crippen LogP contribution < -0.4 is 14.2 Å². The van der Waals surface area contributed by atoms with Gasteiger partial charge in [0.2, 0.25) is 5.75 Å². The van der Waals surface area contributed by atoms with E-state index in [0.717, 1.165) is 4.90 Å². The van der Waals surface area contributed by atoms with Crippen molar-refractivity contribution in [3.05, 3.63) is 53.1 Å². The molecule has 0 atom stereocenters. The fourth-order valence-electron chi connectivity index (χ4n) is 3.36. The molecule has 2 heterocycles. The van der Waals surface area contributed by atoms with Gasteiger partial charge >= 0.3 is 5.97 Å². The number of rotatable bonds is 4. The summed E-state index contributed by atoms with van der Waals surface area (Å²) < 4.78 is 16.6. The minimum Gasteiger partial charge on any atom is -0.493 e. The van der Waals surface area contributed by atoms with Gasteiger partial charge < -0.3 is 19.3 Å². The number of carbonyl (C=O) groups excluding carboxylic acids is 2. The molecule has 8 heteroatoms. The first-order chi connectivity index (χ1) is 14.0. The standard InChI is InChI=1S/C21H17NO7/c1-27-16-9-12(10-17-19(16)29-7-6-28-17)8-15-13-4-2-3-5-14(13)20(25)22(21(15)26)11-18(23)24/h2-5,8-10H,6-7,11H2,1H3,(H,23,24)/b15-8-. The van der Waals surface area contributed by atoms with Crippen molar-refractivity contribution in [1.82, 2.24) is 4.90 Å². The third-order valence-electron chi connectivity index (χ3n) is 4.62. The lowest BCUT2D eigenvalue weighted by Gasteiger charge is -2.27. The molecule has 2 aliphatic heterocycles. The topological polar surface area (TPSA) is 102 Å². The first kappa shape index (κ1) is 18.5. The molecule has 1 N–H and O–H groups in total. The number of carboxylic acids is 1. The normalized spacial score (nSPS) is 16.6. The number of hydrogen-bond donors (Lipinski definition) is 1. The number of amides is 2. The van der Waals surface area contributed by atoms with Crippen LogP contribution >= 0.6 is 0 Å². The van der Waals surface area contributed by atoms with Gasteiger partial charge in [0.05, 0.1) is 7.11 Å². The van der Waals surface area contributed by atoms with Crippen LogP contribution in [0.3, 0.4) is 0 Å². The predicted molar refractivity (Wildman–Crippen MR) is 102 cm³/mol. The highest BCUT2D eigenvalue weighted by molar-refractivity contribution is 6.34.